The number of hydrogen-bond donors (Lipinski definition) is 1. The molecular weight excluding hydrogens is 260 g/mol. The van der Waals surface area contributed by atoms with E-state index in [4.69, 9.17) is 0 Å². The number of carbonyl (C=O) groups is 1. The maximum atomic E-state index is 11.2. The third kappa shape index (κ3) is 4.20. The SMILES string of the molecule is COC(=O)Cc1csc(NC2CCCC(C)(C)C2)n1. The summed E-state index contributed by atoms with van der Waals surface area (Å²) in [4.78, 5) is 15.6. The highest BCUT2D eigenvalue weighted by molar-refractivity contribution is 7.13. The number of rotatable bonds is 4. The van der Waals surface area contributed by atoms with Crippen molar-refractivity contribution in [3.8, 4) is 0 Å². The number of thiazole rings is 1. The summed E-state index contributed by atoms with van der Waals surface area (Å²) in [6, 6.07) is 0.501. The zero-order chi connectivity index (χ0) is 13.9. The topological polar surface area (TPSA) is 51.2 Å². The molecule has 1 heterocycles. The van der Waals surface area contributed by atoms with Crippen molar-refractivity contribution >= 4 is 22.4 Å². The van der Waals surface area contributed by atoms with E-state index in [9.17, 15) is 4.79 Å². The van der Waals surface area contributed by atoms with Crippen molar-refractivity contribution in [3.63, 3.8) is 0 Å². The lowest BCUT2D eigenvalue weighted by molar-refractivity contribution is -0.139. The van der Waals surface area contributed by atoms with E-state index in [0.29, 0.717) is 11.5 Å². The van der Waals surface area contributed by atoms with E-state index in [1.54, 1.807) is 11.3 Å². The quantitative estimate of drug-likeness (QED) is 0.861. The Morgan fingerprint density at radius 1 is 1.63 bits per heavy atom. The van der Waals surface area contributed by atoms with Crippen molar-refractivity contribution in [2.45, 2.75) is 52.0 Å². The van der Waals surface area contributed by atoms with Gasteiger partial charge in [0.25, 0.3) is 0 Å². The fraction of sp³-hybridized carbons (Fsp3) is 0.714. The van der Waals surface area contributed by atoms with Gasteiger partial charge in [0.2, 0.25) is 0 Å². The third-order valence-corrected chi connectivity index (χ3v) is 4.46. The number of methoxy groups -OCH3 is 1. The number of esters is 1. The molecule has 0 spiro atoms. The minimum absolute atomic E-state index is 0.240. The van der Waals surface area contributed by atoms with Gasteiger partial charge in [0.05, 0.1) is 19.2 Å². The van der Waals surface area contributed by atoms with Gasteiger partial charge in [-0.2, -0.15) is 0 Å². The van der Waals surface area contributed by atoms with E-state index in [0.717, 1.165) is 10.8 Å². The van der Waals surface area contributed by atoms with Crippen molar-refractivity contribution in [2.75, 3.05) is 12.4 Å². The average molecular weight is 282 g/mol. The Kier molecular flexibility index (Phi) is 4.45. The lowest BCUT2D eigenvalue weighted by Gasteiger charge is -2.35. The Labute approximate surface area is 118 Å². The Morgan fingerprint density at radius 3 is 3.11 bits per heavy atom. The van der Waals surface area contributed by atoms with E-state index in [1.807, 2.05) is 5.38 Å². The van der Waals surface area contributed by atoms with Crippen molar-refractivity contribution in [1.29, 1.82) is 0 Å². The first-order valence-electron chi connectivity index (χ1n) is 6.76. The van der Waals surface area contributed by atoms with Gasteiger partial charge in [0, 0.05) is 11.4 Å². The van der Waals surface area contributed by atoms with Crippen molar-refractivity contribution < 1.29 is 9.53 Å². The first-order valence-corrected chi connectivity index (χ1v) is 7.64. The molecule has 1 atom stereocenters. The van der Waals surface area contributed by atoms with E-state index in [1.165, 1.54) is 32.8 Å². The maximum absolute atomic E-state index is 11.2. The molecule has 106 valence electrons. The highest BCUT2D eigenvalue weighted by Crippen LogP contribution is 2.36. The molecule has 1 aliphatic rings. The van der Waals surface area contributed by atoms with E-state index >= 15 is 0 Å². The molecule has 0 bridgehead atoms. The molecule has 0 aromatic carbocycles. The lowest BCUT2D eigenvalue weighted by Crippen LogP contribution is -2.31. The van der Waals surface area contributed by atoms with Gasteiger partial charge in [-0.15, -0.1) is 11.3 Å². The van der Waals surface area contributed by atoms with Gasteiger partial charge in [-0.05, 0) is 24.7 Å². The van der Waals surface area contributed by atoms with Crippen LogP contribution in [0.2, 0.25) is 0 Å². The Hall–Kier alpha value is -1.10. The largest absolute Gasteiger partial charge is 0.469 e. The van der Waals surface area contributed by atoms with E-state index in [-0.39, 0.29) is 12.4 Å². The zero-order valence-corrected chi connectivity index (χ0v) is 12.7. The predicted octanol–water partition coefficient (Wildman–Crippen LogP) is 3.24. The molecule has 2 rings (SSSR count). The van der Waals surface area contributed by atoms with Gasteiger partial charge in [0.1, 0.15) is 0 Å². The second-order valence-electron chi connectivity index (χ2n) is 6.00. The van der Waals surface area contributed by atoms with Crippen LogP contribution in [-0.4, -0.2) is 24.1 Å². The molecule has 1 aromatic heterocycles. The molecular formula is C14H22N2O2S. The van der Waals surface area contributed by atoms with Crippen LogP contribution < -0.4 is 5.32 Å². The van der Waals surface area contributed by atoms with Gasteiger partial charge >= 0.3 is 5.97 Å². The van der Waals surface area contributed by atoms with Crippen LogP contribution in [0.25, 0.3) is 0 Å². The van der Waals surface area contributed by atoms with Gasteiger partial charge in [-0.1, -0.05) is 20.3 Å². The number of nitrogens with zero attached hydrogens (tertiary/aromatic N) is 1. The van der Waals surface area contributed by atoms with Gasteiger partial charge in [-0.3, -0.25) is 4.79 Å². The highest BCUT2D eigenvalue weighted by atomic mass is 32.1. The van der Waals surface area contributed by atoms with Crippen molar-refractivity contribution in [3.05, 3.63) is 11.1 Å². The molecule has 4 nitrogen and oxygen atoms in total. The number of anilines is 1. The van der Waals surface area contributed by atoms with Crippen LogP contribution in [0.5, 0.6) is 0 Å². The fourth-order valence-corrected chi connectivity index (χ4v) is 3.46. The van der Waals surface area contributed by atoms with Crippen LogP contribution >= 0.6 is 11.3 Å². The summed E-state index contributed by atoms with van der Waals surface area (Å²) in [5.41, 5.74) is 1.21. The minimum atomic E-state index is -0.240. The molecule has 1 aliphatic carbocycles. The summed E-state index contributed by atoms with van der Waals surface area (Å²) < 4.78 is 4.65. The molecule has 1 aromatic rings. The van der Waals surface area contributed by atoms with Crippen LogP contribution in [-0.2, 0) is 16.0 Å². The zero-order valence-electron chi connectivity index (χ0n) is 11.9. The second kappa shape index (κ2) is 5.90. The molecule has 0 amide bonds. The number of nitrogens with one attached hydrogen (secondary N) is 1. The van der Waals surface area contributed by atoms with Crippen LogP contribution in [0.4, 0.5) is 5.13 Å². The summed E-state index contributed by atoms with van der Waals surface area (Å²) in [5.74, 6) is -0.240. The van der Waals surface area contributed by atoms with Crippen LogP contribution in [0.1, 0.15) is 45.2 Å². The Balaban J connectivity index is 1.91. The normalized spacial score (nSPS) is 21.9. The minimum Gasteiger partial charge on any atom is -0.469 e. The van der Waals surface area contributed by atoms with Gasteiger partial charge < -0.3 is 10.1 Å². The molecule has 5 heteroatoms. The number of carbonyl (C=O) groups excluding carboxylic acids is 1. The maximum Gasteiger partial charge on any atom is 0.311 e. The third-order valence-electron chi connectivity index (χ3n) is 3.64. The predicted molar refractivity (Wildman–Crippen MR) is 77.5 cm³/mol. The number of ether oxygens (including phenoxy) is 1. The van der Waals surface area contributed by atoms with Crippen molar-refractivity contribution in [2.24, 2.45) is 5.41 Å². The summed E-state index contributed by atoms with van der Waals surface area (Å²) >= 11 is 1.57. The molecule has 1 saturated carbocycles. The van der Waals surface area contributed by atoms with Crippen molar-refractivity contribution in [1.82, 2.24) is 4.98 Å². The second-order valence-corrected chi connectivity index (χ2v) is 6.86. The first-order chi connectivity index (χ1) is 8.98. The number of aromatic nitrogens is 1. The average Bonchev–Trinajstić information content (AvgIpc) is 2.75. The standard InChI is InChI=1S/C14H22N2O2S/c1-14(2)6-4-5-10(8-14)15-13-16-11(9-19-13)7-12(17)18-3/h9-10H,4-8H2,1-3H3,(H,15,16). The van der Waals surface area contributed by atoms with Crippen LogP contribution in [0, 0.1) is 5.41 Å². The smallest absolute Gasteiger partial charge is 0.311 e. The molecule has 1 N–H and O–H groups in total. The molecule has 0 radical (unpaired) electrons. The first kappa shape index (κ1) is 14.3. The number of hydrogen-bond acceptors (Lipinski definition) is 5. The van der Waals surface area contributed by atoms with E-state index < -0.39 is 0 Å². The lowest BCUT2D eigenvalue weighted by atomic mass is 9.75. The van der Waals surface area contributed by atoms with Crippen LogP contribution in [0.15, 0.2) is 5.38 Å². The van der Waals surface area contributed by atoms with Gasteiger partial charge in [-0.25, -0.2) is 4.98 Å². The summed E-state index contributed by atoms with van der Waals surface area (Å²) in [6.45, 7) is 4.65. The Morgan fingerprint density at radius 2 is 2.42 bits per heavy atom. The fourth-order valence-electron chi connectivity index (χ4n) is 2.67. The summed E-state index contributed by atoms with van der Waals surface area (Å²) in [7, 11) is 1.40. The molecule has 19 heavy (non-hydrogen) atoms. The molecule has 0 saturated heterocycles. The highest BCUT2D eigenvalue weighted by Gasteiger charge is 2.28. The monoisotopic (exact) mass is 282 g/mol. The summed E-state index contributed by atoms with van der Waals surface area (Å²) in [5, 5.41) is 6.35. The van der Waals surface area contributed by atoms with Crippen LogP contribution in [0.3, 0.4) is 0 Å². The van der Waals surface area contributed by atoms with E-state index in [2.05, 4.69) is 28.9 Å². The molecule has 0 aliphatic heterocycles. The Bertz CT molecular complexity index is 442. The van der Waals surface area contributed by atoms with Gasteiger partial charge in [0.15, 0.2) is 5.13 Å². The molecule has 1 unspecified atom stereocenters. The summed E-state index contributed by atoms with van der Waals surface area (Å²) in [6.07, 6.45) is 5.21. The molecule has 1 fully saturated rings.